The molecule has 9 nitrogen and oxygen atoms in total. The van der Waals surface area contributed by atoms with Crippen molar-refractivity contribution in [2.45, 2.75) is 39.7 Å². The maximum Gasteiger partial charge on any atom is 0.313 e. The molecule has 0 radical (unpaired) electrons. The predicted octanol–water partition coefficient (Wildman–Crippen LogP) is 2.26. The number of amides is 3. The molecule has 3 amide bonds. The number of piperidine rings is 1. The Kier molecular flexibility index (Phi) is 6.29. The lowest BCUT2D eigenvalue weighted by Crippen LogP contribution is -2.46. The highest BCUT2D eigenvalue weighted by Gasteiger charge is 2.34. The monoisotopic (exact) mass is 410 g/mol. The molecule has 0 spiro atoms. The number of pyridine rings is 2. The highest BCUT2D eigenvalue weighted by Crippen LogP contribution is 2.33. The van der Waals surface area contributed by atoms with E-state index in [2.05, 4.69) is 27.5 Å². The Morgan fingerprint density at radius 2 is 1.90 bits per heavy atom. The number of aryl methyl sites for hydroxylation is 1. The van der Waals surface area contributed by atoms with Crippen LogP contribution < -0.4 is 16.4 Å². The Morgan fingerprint density at radius 3 is 2.53 bits per heavy atom. The van der Waals surface area contributed by atoms with Crippen LogP contribution in [-0.2, 0) is 14.4 Å². The van der Waals surface area contributed by atoms with Crippen LogP contribution >= 0.6 is 0 Å². The lowest BCUT2D eigenvalue weighted by atomic mass is 9.90. The van der Waals surface area contributed by atoms with Gasteiger partial charge in [-0.1, -0.05) is 13.0 Å². The van der Waals surface area contributed by atoms with Crippen LogP contribution in [0.1, 0.15) is 43.9 Å². The number of nitrogens with zero attached hydrogens (tertiary/aromatic N) is 3. The largest absolute Gasteiger partial charge is 0.383 e. The summed E-state index contributed by atoms with van der Waals surface area (Å²) in [5, 5.41) is 5.23. The quantitative estimate of drug-likeness (QED) is 0.666. The molecule has 3 rings (SSSR count). The summed E-state index contributed by atoms with van der Waals surface area (Å²) in [5.74, 6) is -0.431. The summed E-state index contributed by atoms with van der Waals surface area (Å²) in [6.45, 7) is 5.72. The standard InChI is InChI=1S/C21H26N6O3/c1-12-4-6-17(15-5-7-18(23-9-15)25-14(3)28)27(11-12)21(30)20(29)26-16-8-13(2)19(22)24-10-16/h5,7-10,12,17H,4,6,11H2,1-3H3,(H2,22,24)(H,26,29)(H,23,25,28)/t12-,17?/m0/s1. The van der Waals surface area contributed by atoms with Gasteiger partial charge >= 0.3 is 11.8 Å². The number of nitrogens with one attached hydrogen (secondary N) is 2. The van der Waals surface area contributed by atoms with Crippen LogP contribution in [0.2, 0.25) is 0 Å². The molecule has 4 N–H and O–H groups in total. The molecule has 3 heterocycles. The minimum absolute atomic E-state index is 0.206. The van der Waals surface area contributed by atoms with Crippen molar-refractivity contribution in [1.82, 2.24) is 14.9 Å². The molecule has 0 aliphatic carbocycles. The van der Waals surface area contributed by atoms with E-state index >= 15 is 0 Å². The van der Waals surface area contributed by atoms with Crippen LogP contribution in [0.25, 0.3) is 0 Å². The van der Waals surface area contributed by atoms with Crippen LogP contribution in [0.5, 0.6) is 0 Å². The molecule has 1 saturated heterocycles. The van der Waals surface area contributed by atoms with Gasteiger partial charge in [0.2, 0.25) is 5.91 Å². The van der Waals surface area contributed by atoms with E-state index in [0.717, 1.165) is 24.0 Å². The predicted molar refractivity (Wildman–Crippen MR) is 113 cm³/mol. The molecule has 1 aliphatic rings. The van der Waals surface area contributed by atoms with Crippen LogP contribution in [0.4, 0.5) is 17.3 Å². The minimum atomic E-state index is -0.720. The molecular weight excluding hydrogens is 384 g/mol. The van der Waals surface area contributed by atoms with Gasteiger partial charge in [-0.15, -0.1) is 0 Å². The fraction of sp³-hybridized carbons (Fsp3) is 0.381. The van der Waals surface area contributed by atoms with E-state index in [1.807, 2.05) is 6.07 Å². The van der Waals surface area contributed by atoms with Crippen molar-refractivity contribution in [2.24, 2.45) is 5.92 Å². The second-order valence-corrected chi connectivity index (χ2v) is 7.69. The van der Waals surface area contributed by atoms with Gasteiger partial charge in [0.05, 0.1) is 17.9 Å². The lowest BCUT2D eigenvalue weighted by Gasteiger charge is -2.38. The number of rotatable bonds is 3. The van der Waals surface area contributed by atoms with Gasteiger partial charge in [-0.3, -0.25) is 14.4 Å². The van der Waals surface area contributed by atoms with Crippen LogP contribution in [-0.4, -0.2) is 39.1 Å². The van der Waals surface area contributed by atoms with Gasteiger partial charge in [-0.25, -0.2) is 9.97 Å². The van der Waals surface area contributed by atoms with Gasteiger partial charge < -0.3 is 21.3 Å². The molecule has 1 unspecified atom stereocenters. The van der Waals surface area contributed by atoms with Crippen molar-refractivity contribution in [3.8, 4) is 0 Å². The SMILES string of the molecule is CC(=O)Nc1ccc(C2CC[C@H](C)CN2C(=O)C(=O)Nc2cnc(N)c(C)c2)cn1. The number of carbonyl (C=O) groups excluding carboxylic acids is 3. The summed E-state index contributed by atoms with van der Waals surface area (Å²) in [7, 11) is 0. The number of carbonyl (C=O) groups is 3. The topological polar surface area (TPSA) is 130 Å². The summed E-state index contributed by atoms with van der Waals surface area (Å²) in [4.78, 5) is 46.7. The number of nitrogens with two attached hydrogens (primary N) is 1. The Balaban J connectivity index is 1.77. The number of hydrogen-bond donors (Lipinski definition) is 3. The molecule has 2 aromatic rings. The zero-order valence-electron chi connectivity index (χ0n) is 17.3. The van der Waals surface area contributed by atoms with Crippen molar-refractivity contribution >= 4 is 35.0 Å². The number of anilines is 3. The molecule has 158 valence electrons. The fourth-order valence-corrected chi connectivity index (χ4v) is 3.55. The van der Waals surface area contributed by atoms with E-state index < -0.39 is 11.8 Å². The van der Waals surface area contributed by atoms with E-state index in [-0.39, 0.29) is 17.9 Å². The highest BCUT2D eigenvalue weighted by atomic mass is 16.2. The Labute approximate surface area is 175 Å². The zero-order valence-corrected chi connectivity index (χ0v) is 17.3. The molecule has 0 saturated carbocycles. The van der Waals surface area contributed by atoms with Crippen molar-refractivity contribution in [3.05, 3.63) is 41.7 Å². The first-order valence-corrected chi connectivity index (χ1v) is 9.82. The molecule has 1 fully saturated rings. The van der Waals surface area contributed by atoms with Crippen molar-refractivity contribution < 1.29 is 14.4 Å². The van der Waals surface area contributed by atoms with Gasteiger partial charge in [-0.2, -0.15) is 0 Å². The summed E-state index contributed by atoms with van der Waals surface area (Å²) < 4.78 is 0. The average molecular weight is 410 g/mol. The first-order chi connectivity index (χ1) is 14.2. The Morgan fingerprint density at radius 1 is 1.13 bits per heavy atom. The molecule has 2 aromatic heterocycles. The number of hydrogen-bond acceptors (Lipinski definition) is 6. The maximum absolute atomic E-state index is 13.0. The second kappa shape index (κ2) is 8.89. The van der Waals surface area contributed by atoms with E-state index in [1.54, 1.807) is 30.2 Å². The number of aromatic nitrogens is 2. The summed E-state index contributed by atoms with van der Waals surface area (Å²) in [6.07, 6.45) is 4.72. The van der Waals surface area contributed by atoms with Crippen LogP contribution in [0.3, 0.4) is 0 Å². The molecule has 2 atom stereocenters. The van der Waals surface area contributed by atoms with E-state index in [0.29, 0.717) is 23.9 Å². The fourth-order valence-electron chi connectivity index (χ4n) is 3.55. The lowest BCUT2D eigenvalue weighted by molar-refractivity contribution is -0.146. The third kappa shape index (κ3) is 4.91. The van der Waals surface area contributed by atoms with Gasteiger partial charge in [-0.05, 0) is 48.9 Å². The molecular formula is C21H26N6O3. The number of nitrogen functional groups attached to an aromatic ring is 1. The van der Waals surface area contributed by atoms with Crippen molar-refractivity contribution in [1.29, 1.82) is 0 Å². The maximum atomic E-state index is 13.0. The molecule has 1 aliphatic heterocycles. The average Bonchev–Trinajstić information content (AvgIpc) is 2.70. The molecule has 30 heavy (non-hydrogen) atoms. The van der Waals surface area contributed by atoms with Crippen molar-refractivity contribution in [2.75, 3.05) is 22.9 Å². The first kappa shape index (κ1) is 21.2. The number of likely N-dealkylation sites (tertiary alicyclic amines) is 1. The third-order valence-electron chi connectivity index (χ3n) is 5.12. The molecule has 9 heteroatoms. The van der Waals surface area contributed by atoms with Gasteiger partial charge in [0.1, 0.15) is 11.6 Å². The molecule has 0 aromatic carbocycles. The van der Waals surface area contributed by atoms with Crippen LogP contribution in [0.15, 0.2) is 30.6 Å². The third-order valence-corrected chi connectivity index (χ3v) is 5.12. The normalized spacial score (nSPS) is 18.6. The highest BCUT2D eigenvalue weighted by molar-refractivity contribution is 6.39. The van der Waals surface area contributed by atoms with Gasteiger partial charge in [0.15, 0.2) is 0 Å². The van der Waals surface area contributed by atoms with Crippen LogP contribution in [0, 0.1) is 12.8 Å². The van der Waals surface area contributed by atoms with Crippen molar-refractivity contribution in [3.63, 3.8) is 0 Å². The zero-order chi connectivity index (χ0) is 21.8. The van der Waals surface area contributed by atoms with E-state index in [1.165, 1.54) is 13.1 Å². The summed E-state index contributed by atoms with van der Waals surface area (Å²) in [6, 6.07) is 4.93. The second-order valence-electron chi connectivity index (χ2n) is 7.69. The summed E-state index contributed by atoms with van der Waals surface area (Å²) in [5.41, 5.74) is 7.66. The van der Waals surface area contributed by atoms with E-state index in [9.17, 15) is 14.4 Å². The first-order valence-electron chi connectivity index (χ1n) is 9.82. The van der Waals surface area contributed by atoms with E-state index in [4.69, 9.17) is 5.73 Å². The van der Waals surface area contributed by atoms with Gasteiger partial charge in [0, 0.05) is 19.7 Å². The minimum Gasteiger partial charge on any atom is -0.383 e. The Hall–Kier alpha value is -3.49. The molecule has 0 bridgehead atoms. The van der Waals surface area contributed by atoms with Gasteiger partial charge in [0.25, 0.3) is 0 Å². The Bertz CT molecular complexity index is 960. The summed E-state index contributed by atoms with van der Waals surface area (Å²) >= 11 is 0. The smallest absolute Gasteiger partial charge is 0.313 e.